The molecule has 4 nitrogen and oxygen atoms in total. The monoisotopic (exact) mass is 407 g/mol. The minimum absolute atomic E-state index is 0.167. The van der Waals surface area contributed by atoms with Crippen LogP contribution in [0.5, 0.6) is 0 Å². The first kappa shape index (κ1) is 14.3. The molecule has 1 aromatic carbocycles. The smallest absolute Gasteiger partial charge is 0.256 e. The Morgan fingerprint density at radius 2 is 2.10 bits per heavy atom. The summed E-state index contributed by atoms with van der Waals surface area (Å²) in [4.78, 5) is 19.8. The Bertz CT molecular complexity index is 814. The van der Waals surface area contributed by atoms with Crippen LogP contribution >= 0.6 is 31.9 Å². The zero-order valence-electron chi connectivity index (χ0n) is 10.9. The van der Waals surface area contributed by atoms with Gasteiger partial charge in [-0.25, -0.2) is 4.98 Å². The highest BCUT2D eigenvalue weighted by Gasteiger charge is 2.10. The van der Waals surface area contributed by atoms with Gasteiger partial charge in [-0.2, -0.15) is 0 Å². The van der Waals surface area contributed by atoms with Crippen LogP contribution in [0.2, 0.25) is 0 Å². The van der Waals surface area contributed by atoms with Gasteiger partial charge in [0.05, 0.1) is 17.4 Å². The zero-order valence-corrected chi connectivity index (χ0v) is 14.0. The molecule has 21 heavy (non-hydrogen) atoms. The molecule has 0 radical (unpaired) electrons. The summed E-state index contributed by atoms with van der Waals surface area (Å²) in [5.41, 5.74) is 3.12. The average molecular weight is 409 g/mol. The number of hydrogen-bond acceptors (Lipinski definition) is 2. The minimum atomic E-state index is -0.167. The molecule has 0 bridgehead atoms. The number of benzene rings is 1. The van der Waals surface area contributed by atoms with Gasteiger partial charge in [0.1, 0.15) is 5.65 Å². The number of halogens is 2. The predicted molar refractivity (Wildman–Crippen MR) is 90.8 cm³/mol. The Morgan fingerprint density at radius 3 is 2.86 bits per heavy atom. The van der Waals surface area contributed by atoms with Crippen molar-refractivity contribution in [1.82, 2.24) is 9.97 Å². The van der Waals surface area contributed by atoms with Crippen molar-refractivity contribution in [3.05, 3.63) is 58.3 Å². The van der Waals surface area contributed by atoms with Crippen LogP contribution in [0.25, 0.3) is 11.0 Å². The summed E-state index contributed by atoms with van der Waals surface area (Å²) in [6, 6.07) is 11.2. The van der Waals surface area contributed by atoms with Crippen molar-refractivity contribution in [3.63, 3.8) is 0 Å². The molecule has 1 amide bonds. The molecule has 3 aromatic rings. The maximum absolute atomic E-state index is 12.2. The summed E-state index contributed by atoms with van der Waals surface area (Å²) >= 11 is 6.77. The van der Waals surface area contributed by atoms with Crippen LogP contribution in [0.15, 0.2) is 47.1 Å². The predicted octanol–water partition coefficient (Wildman–Crippen LogP) is 4.47. The Kier molecular flexibility index (Phi) is 4.07. The summed E-state index contributed by atoms with van der Waals surface area (Å²) in [5.74, 6) is -0.167. The third kappa shape index (κ3) is 3.01. The summed E-state index contributed by atoms with van der Waals surface area (Å²) in [7, 11) is 0. The Morgan fingerprint density at radius 1 is 1.29 bits per heavy atom. The molecular formula is C15H11Br2N3O. The molecule has 0 aliphatic rings. The molecule has 0 atom stereocenters. The third-order valence-corrected chi connectivity index (χ3v) is 4.34. The number of carbonyl (C=O) groups excluding carboxylic acids is 1. The number of carbonyl (C=O) groups is 1. The van der Waals surface area contributed by atoms with Gasteiger partial charge in [0.15, 0.2) is 0 Å². The molecule has 0 saturated carbocycles. The maximum Gasteiger partial charge on any atom is 0.256 e. The minimum Gasteiger partial charge on any atom is -0.342 e. The van der Waals surface area contributed by atoms with E-state index in [0.29, 0.717) is 11.3 Å². The standard InChI is InChI=1S/C15H11Br2N3O/c16-7-10-5-9-6-11(8-18-14(9)19-10)20-15(21)12-3-1-2-4-13(12)17/h1-6,8H,7H2,(H,18,19)(H,20,21). The molecule has 0 spiro atoms. The number of nitrogens with zero attached hydrogens (tertiary/aromatic N) is 1. The van der Waals surface area contributed by atoms with Crippen molar-refractivity contribution < 1.29 is 4.79 Å². The van der Waals surface area contributed by atoms with Gasteiger partial charge in [-0.15, -0.1) is 0 Å². The number of aromatic amines is 1. The highest BCUT2D eigenvalue weighted by molar-refractivity contribution is 9.10. The molecule has 106 valence electrons. The van der Waals surface area contributed by atoms with Gasteiger partial charge in [-0.05, 0) is 40.2 Å². The van der Waals surface area contributed by atoms with Crippen molar-refractivity contribution >= 4 is 54.5 Å². The van der Waals surface area contributed by atoms with Gasteiger partial charge in [-0.3, -0.25) is 4.79 Å². The van der Waals surface area contributed by atoms with Crippen molar-refractivity contribution in [1.29, 1.82) is 0 Å². The molecule has 2 aromatic heterocycles. The van der Waals surface area contributed by atoms with Gasteiger partial charge in [0.2, 0.25) is 0 Å². The van der Waals surface area contributed by atoms with E-state index in [9.17, 15) is 4.79 Å². The lowest BCUT2D eigenvalue weighted by molar-refractivity contribution is 0.102. The first-order chi connectivity index (χ1) is 10.2. The Balaban J connectivity index is 1.87. The fourth-order valence-corrected chi connectivity index (χ4v) is 2.82. The van der Waals surface area contributed by atoms with Crippen LogP contribution in [0, 0.1) is 0 Å². The third-order valence-electron chi connectivity index (χ3n) is 3.05. The van der Waals surface area contributed by atoms with Crippen LogP contribution in [-0.4, -0.2) is 15.9 Å². The normalized spacial score (nSPS) is 10.8. The molecule has 2 heterocycles. The van der Waals surface area contributed by atoms with Crippen LogP contribution in [-0.2, 0) is 5.33 Å². The SMILES string of the molecule is O=C(Nc1cnc2[nH]c(CBr)cc2c1)c1ccccc1Br. The second-order valence-corrected chi connectivity index (χ2v) is 5.94. The average Bonchev–Trinajstić information content (AvgIpc) is 2.90. The van der Waals surface area contributed by atoms with Crippen LogP contribution in [0.1, 0.15) is 16.1 Å². The number of nitrogens with one attached hydrogen (secondary N) is 2. The number of anilines is 1. The Labute approximate surface area is 138 Å². The van der Waals surface area contributed by atoms with E-state index < -0.39 is 0 Å². The van der Waals surface area contributed by atoms with Crippen LogP contribution < -0.4 is 5.32 Å². The fraction of sp³-hybridized carbons (Fsp3) is 0.0667. The summed E-state index contributed by atoms with van der Waals surface area (Å²) in [5, 5.41) is 4.57. The molecule has 3 rings (SSSR count). The van der Waals surface area contributed by atoms with E-state index in [4.69, 9.17) is 0 Å². The van der Waals surface area contributed by atoms with E-state index in [1.807, 2.05) is 30.3 Å². The number of pyridine rings is 1. The van der Waals surface area contributed by atoms with E-state index in [0.717, 1.165) is 26.5 Å². The highest BCUT2D eigenvalue weighted by Crippen LogP contribution is 2.21. The number of H-pyrrole nitrogens is 1. The quantitative estimate of drug-likeness (QED) is 0.628. The molecule has 0 unspecified atom stereocenters. The van der Waals surface area contributed by atoms with Crippen molar-refractivity contribution in [2.45, 2.75) is 5.33 Å². The lowest BCUT2D eigenvalue weighted by Gasteiger charge is -2.06. The zero-order chi connectivity index (χ0) is 14.8. The molecule has 6 heteroatoms. The molecule has 2 N–H and O–H groups in total. The van der Waals surface area contributed by atoms with Gasteiger partial charge < -0.3 is 10.3 Å². The van der Waals surface area contributed by atoms with Crippen LogP contribution in [0.3, 0.4) is 0 Å². The Hall–Kier alpha value is -1.66. The van der Waals surface area contributed by atoms with Gasteiger partial charge in [0.25, 0.3) is 5.91 Å². The first-order valence-corrected chi connectivity index (χ1v) is 8.18. The van der Waals surface area contributed by atoms with Gasteiger partial charge in [0, 0.05) is 20.9 Å². The van der Waals surface area contributed by atoms with Gasteiger partial charge in [-0.1, -0.05) is 28.1 Å². The van der Waals surface area contributed by atoms with Crippen molar-refractivity contribution in [3.8, 4) is 0 Å². The van der Waals surface area contributed by atoms with Crippen molar-refractivity contribution in [2.75, 3.05) is 5.32 Å². The number of fused-ring (bicyclic) bond motifs is 1. The molecule has 0 fully saturated rings. The van der Waals surface area contributed by atoms with Gasteiger partial charge >= 0.3 is 0 Å². The van der Waals surface area contributed by atoms with Crippen molar-refractivity contribution in [2.24, 2.45) is 0 Å². The molecule has 0 aliphatic carbocycles. The summed E-state index contributed by atoms with van der Waals surface area (Å²) < 4.78 is 0.764. The second kappa shape index (κ2) is 5.99. The van der Waals surface area contributed by atoms with E-state index in [1.54, 1.807) is 12.3 Å². The fourth-order valence-electron chi connectivity index (χ4n) is 2.06. The lowest BCUT2D eigenvalue weighted by atomic mass is 10.2. The number of alkyl halides is 1. The summed E-state index contributed by atoms with van der Waals surface area (Å²) in [6.07, 6.45) is 1.64. The lowest BCUT2D eigenvalue weighted by Crippen LogP contribution is -2.12. The maximum atomic E-state index is 12.2. The topological polar surface area (TPSA) is 57.8 Å². The highest BCUT2D eigenvalue weighted by atomic mass is 79.9. The van der Waals surface area contributed by atoms with Crippen LogP contribution in [0.4, 0.5) is 5.69 Å². The first-order valence-electron chi connectivity index (χ1n) is 6.27. The van der Waals surface area contributed by atoms with E-state index in [2.05, 4.69) is 47.1 Å². The molecule has 0 aliphatic heterocycles. The van der Waals surface area contributed by atoms with E-state index in [1.165, 1.54) is 0 Å². The number of aromatic nitrogens is 2. The number of amides is 1. The number of rotatable bonds is 3. The molecule has 0 saturated heterocycles. The summed E-state index contributed by atoms with van der Waals surface area (Å²) in [6.45, 7) is 0. The second-order valence-electron chi connectivity index (χ2n) is 4.52. The van der Waals surface area contributed by atoms with E-state index in [-0.39, 0.29) is 5.91 Å². The van der Waals surface area contributed by atoms with E-state index >= 15 is 0 Å². The number of hydrogen-bond donors (Lipinski definition) is 2. The molecular weight excluding hydrogens is 398 g/mol. The largest absolute Gasteiger partial charge is 0.342 e.